The Kier molecular flexibility index (Phi) is 10.8. The molecule has 5 rings (SSSR count). The molecule has 0 spiro atoms. The number of hydrogen-bond acceptors (Lipinski definition) is 6. The highest BCUT2D eigenvalue weighted by atomic mass is 16.6. The monoisotopic (exact) mass is 648 g/mol. The molecule has 0 fully saturated rings. The van der Waals surface area contributed by atoms with E-state index in [0.29, 0.717) is 35.8 Å². The Bertz CT molecular complexity index is 1710. The Hall–Kier alpha value is -5.11. The van der Waals surface area contributed by atoms with Gasteiger partial charge in [-0.25, -0.2) is 4.79 Å². The van der Waals surface area contributed by atoms with Gasteiger partial charge in [0.1, 0.15) is 23.3 Å². The SMILES string of the molecule is CC(C)COC(=O)N1CCc2ccc(Oc3ccc(C(C)(C)C)cc3)cc2[C@H]1C(=O)NCCC(=O)Oc1ccc(-c2ccccc2)cc1. The van der Waals surface area contributed by atoms with E-state index >= 15 is 0 Å². The van der Waals surface area contributed by atoms with E-state index in [1.807, 2.05) is 98.8 Å². The second-order valence-corrected chi connectivity index (χ2v) is 13.5. The third-order valence-electron chi connectivity index (χ3n) is 8.15. The average Bonchev–Trinajstić information content (AvgIpc) is 3.07. The Morgan fingerprint density at radius 2 is 1.48 bits per heavy atom. The molecule has 0 bridgehead atoms. The first-order chi connectivity index (χ1) is 23.0. The van der Waals surface area contributed by atoms with Gasteiger partial charge in [0.25, 0.3) is 0 Å². The molecule has 0 aliphatic carbocycles. The summed E-state index contributed by atoms with van der Waals surface area (Å²) >= 11 is 0. The van der Waals surface area contributed by atoms with Crippen molar-refractivity contribution in [1.82, 2.24) is 10.2 Å². The van der Waals surface area contributed by atoms with Crippen molar-refractivity contribution < 1.29 is 28.6 Å². The van der Waals surface area contributed by atoms with Gasteiger partial charge in [-0.15, -0.1) is 0 Å². The van der Waals surface area contributed by atoms with E-state index in [-0.39, 0.29) is 30.9 Å². The van der Waals surface area contributed by atoms with Crippen LogP contribution in [0.1, 0.15) is 63.8 Å². The maximum Gasteiger partial charge on any atom is 0.410 e. The molecule has 4 aromatic rings. The second-order valence-electron chi connectivity index (χ2n) is 13.5. The minimum Gasteiger partial charge on any atom is -0.457 e. The van der Waals surface area contributed by atoms with Crippen LogP contribution >= 0.6 is 0 Å². The predicted molar refractivity (Wildman–Crippen MR) is 186 cm³/mol. The molecule has 0 unspecified atom stereocenters. The quantitative estimate of drug-likeness (QED) is 0.138. The Morgan fingerprint density at radius 3 is 2.15 bits per heavy atom. The number of carbonyl (C=O) groups excluding carboxylic acids is 3. The van der Waals surface area contributed by atoms with E-state index in [4.69, 9.17) is 14.2 Å². The van der Waals surface area contributed by atoms with Crippen LogP contribution < -0.4 is 14.8 Å². The van der Waals surface area contributed by atoms with Crippen molar-refractivity contribution in [3.05, 3.63) is 114 Å². The topological polar surface area (TPSA) is 94.2 Å². The summed E-state index contributed by atoms with van der Waals surface area (Å²) in [6.07, 6.45) is -0.0414. The average molecular weight is 649 g/mol. The zero-order chi connectivity index (χ0) is 34.3. The zero-order valence-electron chi connectivity index (χ0n) is 28.3. The van der Waals surface area contributed by atoms with Crippen molar-refractivity contribution in [3.63, 3.8) is 0 Å². The number of esters is 1. The summed E-state index contributed by atoms with van der Waals surface area (Å²) in [5.41, 5.74) is 4.89. The first-order valence-corrected chi connectivity index (χ1v) is 16.5. The van der Waals surface area contributed by atoms with Gasteiger partial charge in [0.2, 0.25) is 5.91 Å². The molecular weight excluding hydrogens is 604 g/mol. The van der Waals surface area contributed by atoms with Crippen LogP contribution in [0.3, 0.4) is 0 Å². The lowest BCUT2D eigenvalue weighted by Gasteiger charge is -2.36. The highest BCUT2D eigenvalue weighted by Gasteiger charge is 2.37. The van der Waals surface area contributed by atoms with Crippen LogP contribution in [0.2, 0.25) is 0 Å². The van der Waals surface area contributed by atoms with Crippen LogP contribution in [-0.2, 0) is 26.2 Å². The molecule has 250 valence electrons. The van der Waals surface area contributed by atoms with Gasteiger partial charge in [-0.1, -0.05) is 95.3 Å². The molecule has 0 saturated carbocycles. The molecule has 1 aliphatic heterocycles. The molecule has 1 atom stereocenters. The van der Waals surface area contributed by atoms with E-state index in [1.165, 1.54) is 10.5 Å². The number of benzene rings is 4. The van der Waals surface area contributed by atoms with Gasteiger partial charge in [-0.05, 0) is 82.0 Å². The summed E-state index contributed by atoms with van der Waals surface area (Å²) < 4.78 is 17.2. The minimum atomic E-state index is -0.957. The third kappa shape index (κ3) is 8.82. The lowest BCUT2D eigenvalue weighted by atomic mass is 9.87. The fourth-order valence-electron chi connectivity index (χ4n) is 5.53. The lowest BCUT2D eigenvalue weighted by Crippen LogP contribution is -2.48. The van der Waals surface area contributed by atoms with Crippen molar-refractivity contribution in [2.45, 2.75) is 58.9 Å². The second kappa shape index (κ2) is 15.2. The molecule has 4 aromatic carbocycles. The van der Waals surface area contributed by atoms with E-state index in [2.05, 4.69) is 26.1 Å². The maximum atomic E-state index is 13.8. The Morgan fingerprint density at radius 1 is 0.833 bits per heavy atom. The van der Waals surface area contributed by atoms with Gasteiger partial charge >= 0.3 is 12.1 Å². The third-order valence-corrected chi connectivity index (χ3v) is 8.15. The molecule has 0 radical (unpaired) electrons. The van der Waals surface area contributed by atoms with Crippen LogP contribution in [0.5, 0.6) is 17.2 Å². The molecule has 2 amide bonds. The Balaban J connectivity index is 1.27. The largest absolute Gasteiger partial charge is 0.457 e. The van der Waals surface area contributed by atoms with Crippen molar-refractivity contribution in [3.8, 4) is 28.4 Å². The molecule has 8 nitrogen and oxygen atoms in total. The van der Waals surface area contributed by atoms with Gasteiger partial charge in [-0.3, -0.25) is 14.5 Å². The van der Waals surface area contributed by atoms with Crippen LogP contribution in [0.4, 0.5) is 4.79 Å². The van der Waals surface area contributed by atoms with Crippen molar-refractivity contribution in [2.75, 3.05) is 19.7 Å². The number of nitrogens with one attached hydrogen (secondary N) is 1. The summed E-state index contributed by atoms with van der Waals surface area (Å²) in [4.78, 5) is 41.1. The first kappa shape index (κ1) is 34.2. The van der Waals surface area contributed by atoms with Gasteiger partial charge < -0.3 is 19.5 Å². The number of ether oxygens (including phenoxy) is 3. The molecule has 1 N–H and O–H groups in total. The maximum absolute atomic E-state index is 13.8. The predicted octanol–water partition coefficient (Wildman–Crippen LogP) is 8.25. The zero-order valence-corrected chi connectivity index (χ0v) is 28.3. The summed E-state index contributed by atoms with van der Waals surface area (Å²) in [7, 11) is 0. The molecule has 8 heteroatoms. The number of carbonyl (C=O) groups is 3. The number of hydrogen-bond donors (Lipinski definition) is 1. The number of nitrogens with zero attached hydrogens (tertiary/aromatic N) is 1. The minimum absolute atomic E-state index is 0.0173. The van der Waals surface area contributed by atoms with E-state index < -0.39 is 24.0 Å². The van der Waals surface area contributed by atoms with Gasteiger partial charge in [0.05, 0.1) is 13.0 Å². The van der Waals surface area contributed by atoms with Crippen LogP contribution in [0, 0.1) is 5.92 Å². The van der Waals surface area contributed by atoms with Crippen LogP contribution in [0.15, 0.2) is 97.1 Å². The first-order valence-electron chi connectivity index (χ1n) is 16.5. The molecule has 0 aromatic heterocycles. The van der Waals surface area contributed by atoms with Crippen molar-refractivity contribution >= 4 is 18.0 Å². The standard InChI is InChI=1S/C40H44N2O6/c1-27(2)26-46-39(45)42-24-22-30-13-18-34(47-32-19-14-31(15-20-32)40(3,4)5)25-35(30)37(42)38(44)41-23-21-36(43)48-33-16-11-29(12-17-33)28-9-7-6-8-10-28/h6-20,25,27,37H,21-24,26H2,1-5H3,(H,41,44)/t37-/m0/s1. The molecular formula is C40H44N2O6. The molecule has 1 aliphatic rings. The van der Waals surface area contributed by atoms with Crippen molar-refractivity contribution in [2.24, 2.45) is 5.92 Å². The fourth-order valence-corrected chi connectivity index (χ4v) is 5.53. The van der Waals surface area contributed by atoms with Crippen LogP contribution in [-0.4, -0.2) is 42.6 Å². The normalized spacial score (nSPS) is 14.2. The summed E-state index contributed by atoms with van der Waals surface area (Å²) in [5, 5.41) is 2.85. The van der Waals surface area contributed by atoms with E-state index in [9.17, 15) is 14.4 Å². The number of amides is 2. The van der Waals surface area contributed by atoms with E-state index in [1.54, 1.807) is 12.1 Å². The number of fused-ring (bicyclic) bond motifs is 1. The molecule has 0 saturated heterocycles. The lowest BCUT2D eigenvalue weighted by molar-refractivity contribution is -0.134. The molecule has 48 heavy (non-hydrogen) atoms. The smallest absolute Gasteiger partial charge is 0.410 e. The summed E-state index contributed by atoms with van der Waals surface area (Å²) in [6.45, 7) is 11.0. The highest BCUT2D eigenvalue weighted by molar-refractivity contribution is 5.88. The number of rotatable bonds is 10. The highest BCUT2D eigenvalue weighted by Crippen LogP contribution is 2.35. The fraction of sp³-hybridized carbons (Fsp3) is 0.325. The summed E-state index contributed by atoms with van der Waals surface area (Å²) in [6, 6.07) is 29.8. The van der Waals surface area contributed by atoms with Crippen LogP contribution in [0.25, 0.3) is 11.1 Å². The van der Waals surface area contributed by atoms with Gasteiger partial charge in [0.15, 0.2) is 0 Å². The Labute approximate surface area is 283 Å². The van der Waals surface area contributed by atoms with E-state index in [0.717, 1.165) is 16.7 Å². The van der Waals surface area contributed by atoms with Gasteiger partial charge in [-0.2, -0.15) is 0 Å². The van der Waals surface area contributed by atoms with Gasteiger partial charge in [0, 0.05) is 13.1 Å². The van der Waals surface area contributed by atoms with Crippen molar-refractivity contribution in [1.29, 1.82) is 0 Å². The summed E-state index contributed by atoms with van der Waals surface area (Å²) in [5.74, 6) is 0.892. The molecule has 1 heterocycles.